The van der Waals surface area contributed by atoms with Gasteiger partial charge in [-0.3, -0.25) is 4.90 Å². The minimum atomic E-state index is 0.479. The Balaban J connectivity index is 2.37. The quantitative estimate of drug-likeness (QED) is 0.863. The van der Waals surface area contributed by atoms with Crippen molar-refractivity contribution in [2.75, 3.05) is 6.54 Å². The molecule has 1 aromatic rings. The van der Waals surface area contributed by atoms with E-state index in [1.54, 1.807) is 0 Å². The van der Waals surface area contributed by atoms with Crippen molar-refractivity contribution in [1.29, 1.82) is 0 Å². The summed E-state index contributed by atoms with van der Waals surface area (Å²) in [6.45, 7) is 7.79. The van der Waals surface area contributed by atoms with E-state index in [0.717, 1.165) is 13.0 Å². The van der Waals surface area contributed by atoms with Gasteiger partial charge in [-0.2, -0.15) is 0 Å². The molecule has 0 radical (unpaired) electrons. The molecule has 1 aliphatic rings. The molecule has 0 spiro atoms. The normalized spacial score (nSPS) is 19.7. The zero-order chi connectivity index (χ0) is 12.4. The van der Waals surface area contributed by atoms with Gasteiger partial charge in [0.15, 0.2) is 0 Å². The van der Waals surface area contributed by atoms with Gasteiger partial charge in [0.05, 0.1) is 0 Å². The fraction of sp³-hybridized carbons (Fsp3) is 0.600. The average molecular weight is 233 g/mol. The molecule has 0 saturated heterocycles. The van der Waals surface area contributed by atoms with Gasteiger partial charge in [-0.25, -0.2) is 0 Å². The molecule has 2 heteroatoms. The summed E-state index contributed by atoms with van der Waals surface area (Å²) in [5, 5.41) is 9.95. The molecule has 17 heavy (non-hydrogen) atoms. The third-order valence-electron chi connectivity index (χ3n) is 3.88. The SMILES string of the molecule is CCN(C(C)C)C1CCCc2c(O)cccc21. The smallest absolute Gasteiger partial charge is 0.119 e. The lowest BCUT2D eigenvalue weighted by molar-refractivity contribution is 0.146. The van der Waals surface area contributed by atoms with E-state index in [1.165, 1.54) is 24.0 Å². The van der Waals surface area contributed by atoms with Gasteiger partial charge in [0.25, 0.3) is 0 Å². The Kier molecular flexibility index (Phi) is 3.72. The number of fused-ring (bicyclic) bond motifs is 1. The lowest BCUT2D eigenvalue weighted by atomic mass is 9.85. The Morgan fingerprint density at radius 1 is 1.41 bits per heavy atom. The van der Waals surface area contributed by atoms with Crippen LogP contribution in [0.3, 0.4) is 0 Å². The fourth-order valence-electron chi connectivity index (χ4n) is 3.09. The van der Waals surface area contributed by atoms with Crippen LogP contribution in [-0.2, 0) is 6.42 Å². The Morgan fingerprint density at radius 2 is 2.18 bits per heavy atom. The molecule has 0 saturated carbocycles. The van der Waals surface area contributed by atoms with Crippen LogP contribution in [0.15, 0.2) is 18.2 Å². The van der Waals surface area contributed by atoms with Gasteiger partial charge in [-0.15, -0.1) is 0 Å². The standard InChI is InChI=1S/C15H23NO/c1-4-16(11(2)3)14-9-5-8-13-12(14)7-6-10-15(13)17/h6-7,10-11,14,17H,4-5,8-9H2,1-3H3. The van der Waals surface area contributed by atoms with Crippen LogP contribution in [0, 0.1) is 0 Å². The van der Waals surface area contributed by atoms with Crippen LogP contribution < -0.4 is 0 Å². The van der Waals surface area contributed by atoms with Crippen molar-refractivity contribution in [2.24, 2.45) is 0 Å². The third-order valence-corrected chi connectivity index (χ3v) is 3.88. The second-order valence-electron chi connectivity index (χ2n) is 5.18. The lowest BCUT2D eigenvalue weighted by Crippen LogP contribution is -2.36. The number of phenolic OH excluding ortho intramolecular Hbond substituents is 1. The van der Waals surface area contributed by atoms with Crippen molar-refractivity contribution in [2.45, 2.75) is 52.1 Å². The summed E-state index contributed by atoms with van der Waals surface area (Å²) in [5.41, 5.74) is 2.51. The molecule has 0 aliphatic heterocycles. The number of aromatic hydroxyl groups is 1. The monoisotopic (exact) mass is 233 g/mol. The number of phenols is 1. The molecule has 0 heterocycles. The fourth-order valence-corrected chi connectivity index (χ4v) is 3.09. The van der Waals surface area contributed by atoms with Crippen LogP contribution in [0.5, 0.6) is 5.75 Å². The van der Waals surface area contributed by atoms with Gasteiger partial charge in [0, 0.05) is 12.1 Å². The second-order valence-corrected chi connectivity index (χ2v) is 5.18. The van der Waals surface area contributed by atoms with E-state index in [-0.39, 0.29) is 0 Å². The van der Waals surface area contributed by atoms with Gasteiger partial charge in [0.2, 0.25) is 0 Å². The first-order chi connectivity index (χ1) is 8.15. The van der Waals surface area contributed by atoms with Crippen molar-refractivity contribution < 1.29 is 5.11 Å². The Labute approximate surface area is 104 Å². The molecule has 2 nitrogen and oxygen atoms in total. The number of rotatable bonds is 3. The maximum Gasteiger partial charge on any atom is 0.119 e. The molecule has 0 bridgehead atoms. The third kappa shape index (κ3) is 2.32. The van der Waals surface area contributed by atoms with Crippen LogP contribution in [0.25, 0.3) is 0 Å². The van der Waals surface area contributed by atoms with Crippen molar-refractivity contribution >= 4 is 0 Å². The van der Waals surface area contributed by atoms with Crippen LogP contribution in [0.4, 0.5) is 0 Å². The molecule has 1 unspecified atom stereocenters. The molecule has 0 fully saturated rings. The molecule has 2 rings (SSSR count). The van der Waals surface area contributed by atoms with Gasteiger partial charge >= 0.3 is 0 Å². The van der Waals surface area contributed by atoms with E-state index in [0.29, 0.717) is 17.8 Å². The summed E-state index contributed by atoms with van der Waals surface area (Å²) < 4.78 is 0. The van der Waals surface area contributed by atoms with Crippen molar-refractivity contribution in [1.82, 2.24) is 4.90 Å². The highest BCUT2D eigenvalue weighted by atomic mass is 16.3. The largest absolute Gasteiger partial charge is 0.508 e. The lowest BCUT2D eigenvalue weighted by Gasteiger charge is -2.38. The van der Waals surface area contributed by atoms with E-state index in [4.69, 9.17) is 0 Å². The van der Waals surface area contributed by atoms with E-state index >= 15 is 0 Å². The molecule has 94 valence electrons. The Bertz CT molecular complexity index is 387. The zero-order valence-electron chi connectivity index (χ0n) is 11.1. The van der Waals surface area contributed by atoms with Crippen LogP contribution >= 0.6 is 0 Å². The maximum absolute atomic E-state index is 9.95. The van der Waals surface area contributed by atoms with Crippen LogP contribution in [0.2, 0.25) is 0 Å². The molecular formula is C15H23NO. The average Bonchev–Trinajstić information content (AvgIpc) is 2.31. The first-order valence-electron chi connectivity index (χ1n) is 6.71. The zero-order valence-corrected chi connectivity index (χ0v) is 11.1. The molecule has 0 aromatic heterocycles. The number of hydrogen-bond donors (Lipinski definition) is 1. The van der Waals surface area contributed by atoms with Gasteiger partial charge in [-0.1, -0.05) is 19.1 Å². The number of nitrogens with zero attached hydrogens (tertiary/aromatic N) is 1. The van der Waals surface area contributed by atoms with Crippen molar-refractivity contribution in [3.8, 4) is 5.75 Å². The van der Waals surface area contributed by atoms with E-state index < -0.39 is 0 Å². The topological polar surface area (TPSA) is 23.5 Å². The maximum atomic E-state index is 9.95. The van der Waals surface area contributed by atoms with Crippen molar-refractivity contribution in [3.05, 3.63) is 29.3 Å². The second kappa shape index (κ2) is 5.09. The predicted molar refractivity (Wildman–Crippen MR) is 71.3 cm³/mol. The first-order valence-corrected chi connectivity index (χ1v) is 6.71. The number of benzene rings is 1. The Morgan fingerprint density at radius 3 is 2.82 bits per heavy atom. The molecule has 0 amide bonds. The number of hydrogen-bond acceptors (Lipinski definition) is 2. The summed E-state index contributed by atoms with van der Waals surface area (Å²) in [7, 11) is 0. The van der Waals surface area contributed by atoms with Gasteiger partial charge < -0.3 is 5.11 Å². The summed E-state index contributed by atoms with van der Waals surface area (Å²) in [6.07, 6.45) is 3.41. The summed E-state index contributed by atoms with van der Waals surface area (Å²) in [6, 6.07) is 7.01. The molecule has 1 aliphatic carbocycles. The first kappa shape index (κ1) is 12.4. The summed E-state index contributed by atoms with van der Waals surface area (Å²) in [5.74, 6) is 0.479. The molecule has 1 aromatic carbocycles. The van der Waals surface area contributed by atoms with Crippen molar-refractivity contribution in [3.63, 3.8) is 0 Å². The summed E-state index contributed by atoms with van der Waals surface area (Å²) >= 11 is 0. The van der Waals surface area contributed by atoms with E-state index in [1.807, 2.05) is 12.1 Å². The molecule has 1 N–H and O–H groups in total. The predicted octanol–water partition coefficient (Wildman–Crippen LogP) is 3.50. The Hall–Kier alpha value is -1.02. The van der Waals surface area contributed by atoms with Gasteiger partial charge in [0.1, 0.15) is 5.75 Å². The highest BCUT2D eigenvalue weighted by molar-refractivity contribution is 5.42. The van der Waals surface area contributed by atoms with E-state index in [2.05, 4.69) is 31.7 Å². The molecular weight excluding hydrogens is 210 g/mol. The van der Waals surface area contributed by atoms with Gasteiger partial charge in [-0.05, 0) is 56.8 Å². The summed E-state index contributed by atoms with van der Waals surface area (Å²) in [4.78, 5) is 2.53. The highest BCUT2D eigenvalue weighted by Crippen LogP contribution is 2.38. The van der Waals surface area contributed by atoms with E-state index in [9.17, 15) is 5.11 Å². The molecule has 1 atom stereocenters. The highest BCUT2D eigenvalue weighted by Gasteiger charge is 2.27. The minimum absolute atomic E-state index is 0.479. The minimum Gasteiger partial charge on any atom is -0.508 e. The van der Waals surface area contributed by atoms with Crippen LogP contribution in [0.1, 0.15) is 50.8 Å². The van der Waals surface area contributed by atoms with Crippen LogP contribution in [-0.4, -0.2) is 22.6 Å².